The Morgan fingerprint density at radius 3 is 2.19 bits per heavy atom. The zero-order chi connectivity index (χ0) is 14.7. The Morgan fingerprint density at radius 1 is 0.952 bits per heavy atom. The number of nitriles is 1. The van der Waals surface area contributed by atoms with Crippen LogP contribution < -0.4 is 9.80 Å². The maximum atomic E-state index is 12.9. The number of hydrogen-bond acceptors (Lipinski definition) is 4. The van der Waals surface area contributed by atoms with Crippen molar-refractivity contribution in [3.05, 3.63) is 54.0 Å². The van der Waals surface area contributed by atoms with Crippen LogP contribution in [0.4, 0.5) is 15.9 Å². The van der Waals surface area contributed by atoms with Crippen molar-refractivity contribution in [3.8, 4) is 6.07 Å². The topological polar surface area (TPSA) is 43.2 Å². The highest BCUT2D eigenvalue weighted by atomic mass is 19.1. The summed E-state index contributed by atoms with van der Waals surface area (Å²) in [6.07, 6.45) is 1.60. The van der Waals surface area contributed by atoms with Crippen molar-refractivity contribution in [2.24, 2.45) is 0 Å². The lowest BCUT2D eigenvalue weighted by Crippen LogP contribution is -2.46. The van der Waals surface area contributed by atoms with Crippen molar-refractivity contribution in [1.29, 1.82) is 5.26 Å². The number of pyridine rings is 1. The molecule has 4 nitrogen and oxygen atoms in total. The van der Waals surface area contributed by atoms with Gasteiger partial charge in [0, 0.05) is 38.1 Å². The molecule has 0 bridgehead atoms. The van der Waals surface area contributed by atoms with Gasteiger partial charge in [-0.2, -0.15) is 5.26 Å². The standard InChI is InChI=1S/C16H15FN4/c17-14-2-4-15(5-3-14)20-7-9-21(10-8-20)16-6-1-13(11-18)12-19-16/h1-6,12H,7-10H2. The molecule has 1 aliphatic rings. The zero-order valence-corrected chi connectivity index (χ0v) is 11.5. The van der Waals surface area contributed by atoms with Gasteiger partial charge in [-0.15, -0.1) is 0 Å². The molecule has 21 heavy (non-hydrogen) atoms. The number of piperazine rings is 1. The molecular formula is C16H15FN4. The van der Waals surface area contributed by atoms with E-state index in [4.69, 9.17) is 5.26 Å². The van der Waals surface area contributed by atoms with Gasteiger partial charge in [-0.05, 0) is 36.4 Å². The van der Waals surface area contributed by atoms with Crippen LogP contribution in [0.1, 0.15) is 5.56 Å². The molecule has 0 aliphatic carbocycles. The molecule has 3 rings (SSSR count). The fourth-order valence-corrected chi connectivity index (χ4v) is 2.48. The van der Waals surface area contributed by atoms with Gasteiger partial charge < -0.3 is 9.80 Å². The van der Waals surface area contributed by atoms with Crippen LogP contribution >= 0.6 is 0 Å². The SMILES string of the molecule is N#Cc1ccc(N2CCN(c3ccc(F)cc3)CC2)nc1. The van der Waals surface area contributed by atoms with Crippen molar-refractivity contribution < 1.29 is 4.39 Å². The van der Waals surface area contributed by atoms with Crippen molar-refractivity contribution >= 4 is 11.5 Å². The predicted octanol–water partition coefficient (Wildman–Crippen LogP) is 2.42. The summed E-state index contributed by atoms with van der Waals surface area (Å²) < 4.78 is 12.9. The third kappa shape index (κ3) is 2.95. The molecule has 1 saturated heterocycles. The van der Waals surface area contributed by atoms with E-state index in [1.165, 1.54) is 12.1 Å². The van der Waals surface area contributed by atoms with E-state index in [-0.39, 0.29) is 5.82 Å². The third-order valence-electron chi connectivity index (χ3n) is 3.67. The number of rotatable bonds is 2. The summed E-state index contributed by atoms with van der Waals surface area (Å²) in [5.41, 5.74) is 1.62. The van der Waals surface area contributed by atoms with E-state index in [2.05, 4.69) is 20.9 Å². The smallest absolute Gasteiger partial charge is 0.128 e. The lowest BCUT2D eigenvalue weighted by atomic mass is 10.2. The van der Waals surface area contributed by atoms with Gasteiger partial charge in [-0.25, -0.2) is 9.37 Å². The Hall–Kier alpha value is -2.61. The van der Waals surface area contributed by atoms with Crippen LogP contribution in [0.3, 0.4) is 0 Å². The van der Waals surface area contributed by atoms with E-state index in [0.29, 0.717) is 5.56 Å². The van der Waals surface area contributed by atoms with E-state index in [0.717, 1.165) is 37.7 Å². The van der Waals surface area contributed by atoms with Gasteiger partial charge in [-0.3, -0.25) is 0 Å². The predicted molar refractivity (Wildman–Crippen MR) is 79.8 cm³/mol. The van der Waals surface area contributed by atoms with Crippen LogP contribution in [0.25, 0.3) is 0 Å². The van der Waals surface area contributed by atoms with E-state index >= 15 is 0 Å². The first-order valence-electron chi connectivity index (χ1n) is 6.88. The molecule has 1 aromatic carbocycles. The van der Waals surface area contributed by atoms with E-state index in [9.17, 15) is 4.39 Å². The minimum Gasteiger partial charge on any atom is -0.368 e. The summed E-state index contributed by atoms with van der Waals surface area (Å²) in [7, 11) is 0. The molecule has 1 aliphatic heterocycles. The van der Waals surface area contributed by atoms with E-state index in [1.807, 2.05) is 18.2 Å². The Morgan fingerprint density at radius 2 is 1.62 bits per heavy atom. The quantitative estimate of drug-likeness (QED) is 0.848. The van der Waals surface area contributed by atoms with Crippen LogP contribution in [0, 0.1) is 17.1 Å². The van der Waals surface area contributed by atoms with Crippen LogP contribution in [0.2, 0.25) is 0 Å². The van der Waals surface area contributed by atoms with Crippen LogP contribution in [-0.2, 0) is 0 Å². The van der Waals surface area contributed by atoms with Gasteiger partial charge in [-0.1, -0.05) is 0 Å². The molecule has 2 heterocycles. The molecule has 0 N–H and O–H groups in total. The minimum absolute atomic E-state index is 0.209. The fraction of sp³-hybridized carbons (Fsp3) is 0.250. The molecule has 0 radical (unpaired) electrons. The Balaban J connectivity index is 1.64. The largest absolute Gasteiger partial charge is 0.368 e. The van der Waals surface area contributed by atoms with Crippen LogP contribution in [-0.4, -0.2) is 31.2 Å². The molecule has 1 fully saturated rings. The molecule has 2 aromatic rings. The first-order chi connectivity index (χ1) is 10.3. The highest BCUT2D eigenvalue weighted by molar-refractivity contribution is 5.49. The third-order valence-corrected chi connectivity index (χ3v) is 3.67. The Bertz CT molecular complexity index is 637. The molecule has 5 heteroatoms. The van der Waals surface area contributed by atoms with Gasteiger partial charge in [0.05, 0.1) is 5.56 Å². The highest BCUT2D eigenvalue weighted by Gasteiger charge is 2.18. The monoisotopic (exact) mass is 282 g/mol. The van der Waals surface area contributed by atoms with Crippen molar-refractivity contribution in [2.75, 3.05) is 36.0 Å². The molecule has 0 unspecified atom stereocenters. The second-order valence-electron chi connectivity index (χ2n) is 4.97. The second kappa shape index (κ2) is 5.80. The number of aromatic nitrogens is 1. The summed E-state index contributed by atoms with van der Waals surface area (Å²) in [6.45, 7) is 3.45. The van der Waals surface area contributed by atoms with Crippen molar-refractivity contribution in [2.45, 2.75) is 0 Å². The summed E-state index contributed by atoms with van der Waals surface area (Å²) in [5.74, 6) is 0.687. The summed E-state index contributed by atoms with van der Waals surface area (Å²) in [6, 6.07) is 12.3. The number of anilines is 2. The van der Waals surface area contributed by atoms with Gasteiger partial charge >= 0.3 is 0 Å². The number of benzene rings is 1. The van der Waals surface area contributed by atoms with E-state index < -0.39 is 0 Å². The summed E-state index contributed by atoms with van der Waals surface area (Å²) >= 11 is 0. The van der Waals surface area contributed by atoms with Gasteiger partial charge in [0.1, 0.15) is 17.7 Å². The Labute approximate surface area is 123 Å². The minimum atomic E-state index is -0.209. The number of hydrogen-bond donors (Lipinski definition) is 0. The lowest BCUT2D eigenvalue weighted by Gasteiger charge is -2.36. The lowest BCUT2D eigenvalue weighted by molar-refractivity contribution is 0.624. The first-order valence-corrected chi connectivity index (χ1v) is 6.88. The number of halogens is 1. The highest BCUT2D eigenvalue weighted by Crippen LogP contribution is 2.19. The maximum absolute atomic E-state index is 12.9. The number of nitrogens with zero attached hydrogens (tertiary/aromatic N) is 4. The fourth-order valence-electron chi connectivity index (χ4n) is 2.48. The van der Waals surface area contributed by atoms with Crippen LogP contribution in [0.5, 0.6) is 0 Å². The van der Waals surface area contributed by atoms with Crippen LogP contribution in [0.15, 0.2) is 42.6 Å². The molecular weight excluding hydrogens is 267 g/mol. The average Bonchev–Trinajstić information content (AvgIpc) is 2.56. The molecule has 0 spiro atoms. The molecule has 1 aromatic heterocycles. The zero-order valence-electron chi connectivity index (χ0n) is 11.5. The molecule has 0 saturated carbocycles. The summed E-state index contributed by atoms with van der Waals surface area (Å²) in [4.78, 5) is 8.75. The average molecular weight is 282 g/mol. The normalized spacial score (nSPS) is 14.9. The molecule has 106 valence electrons. The molecule has 0 atom stereocenters. The van der Waals surface area contributed by atoms with E-state index in [1.54, 1.807) is 12.3 Å². The second-order valence-corrected chi connectivity index (χ2v) is 4.97. The van der Waals surface area contributed by atoms with Crippen molar-refractivity contribution in [1.82, 2.24) is 4.98 Å². The van der Waals surface area contributed by atoms with Gasteiger partial charge in [0.2, 0.25) is 0 Å². The Kier molecular flexibility index (Phi) is 3.69. The summed E-state index contributed by atoms with van der Waals surface area (Å²) in [5, 5.41) is 8.78. The van der Waals surface area contributed by atoms with Gasteiger partial charge in [0.15, 0.2) is 0 Å². The van der Waals surface area contributed by atoms with Gasteiger partial charge in [0.25, 0.3) is 0 Å². The molecule has 0 amide bonds. The van der Waals surface area contributed by atoms with Crippen molar-refractivity contribution in [3.63, 3.8) is 0 Å². The first kappa shape index (κ1) is 13.4. The maximum Gasteiger partial charge on any atom is 0.128 e.